The van der Waals surface area contributed by atoms with Gasteiger partial charge in [-0.3, -0.25) is 9.59 Å². The highest BCUT2D eigenvalue weighted by Gasteiger charge is 2.56. The van der Waals surface area contributed by atoms with E-state index in [1.54, 1.807) is 24.3 Å². The van der Waals surface area contributed by atoms with Crippen LogP contribution in [0.5, 0.6) is 0 Å². The molecule has 0 radical (unpaired) electrons. The van der Waals surface area contributed by atoms with Gasteiger partial charge in [-0.25, -0.2) is 12.7 Å². The molecule has 142 valence electrons. The number of amides is 1. The molecule has 0 N–H and O–H groups in total. The van der Waals surface area contributed by atoms with Crippen molar-refractivity contribution in [3.8, 4) is 0 Å². The van der Waals surface area contributed by atoms with Crippen LogP contribution in [0.25, 0.3) is 0 Å². The van der Waals surface area contributed by atoms with Gasteiger partial charge < -0.3 is 4.74 Å². The molecule has 7 heteroatoms. The van der Waals surface area contributed by atoms with Crippen LogP contribution in [-0.2, 0) is 24.3 Å². The maximum atomic E-state index is 13.3. The Morgan fingerprint density at radius 2 is 1.81 bits per heavy atom. The molecule has 1 aromatic carbocycles. The van der Waals surface area contributed by atoms with E-state index >= 15 is 0 Å². The maximum Gasteiger partial charge on any atom is 0.306 e. The first-order chi connectivity index (χ1) is 12.3. The number of rotatable bonds is 4. The number of carbonyl (C=O) groups excluding carboxylic acids is 2. The van der Waals surface area contributed by atoms with Crippen molar-refractivity contribution in [2.75, 3.05) is 7.11 Å². The van der Waals surface area contributed by atoms with Crippen LogP contribution in [0.1, 0.15) is 50.5 Å². The Morgan fingerprint density at radius 1 is 1.19 bits per heavy atom. The van der Waals surface area contributed by atoms with Crippen molar-refractivity contribution in [3.63, 3.8) is 0 Å². The summed E-state index contributed by atoms with van der Waals surface area (Å²) in [5, 5.41) is 0. The van der Waals surface area contributed by atoms with E-state index in [1.165, 1.54) is 7.11 Å². The number of ether oxygens (including phenoxy) is 1. The van der Waals surface area contributed by atoms with Gasteiger partial charge >= 0.3 is 5.97 Å². The van der Waals surface area contributed by atoms with E-state index < -0.39 is 33.4 Å². The minimum absolute atomic E-state index is 0.0724. The topological polar surface area (TPSA) is 80.8 Å². The number of nitrogens with zero attached hydrogens (tertiary/aromatic N) is 1. The molecule has 1 atom stereocenters. The van der Waals surface area contributed by atoms with Crippen molar-refractivity contribution in [2.45, 2.75) is 62.3 Å². The van der Waals surface area contributed by atoms with Crippen molar-refractivity contribution in [1.82, 2.24) is 4.31 Å². The Morgan fingerprint density at radius 3 is 2.38 bits per heavy atom. The molecule has 1 amide bonds. The second-order valence-corrected chi connectivity index (χ2v) is 9.17. The fourth-order valence-electron chi connectivity index (χ4n) is 4.28. The predicted octanol–water partition coefficient (Wildman–Crippen LogP) is 2.80. The van der Waals surface area contributed by atoms with Gasteiger partial charge in [-0.15, -0.1) is 0 Å². The van der Waals surface area contributed by atoms with Crippen LogP contribution >= 0.6 is 0 Å². The molecule has 2 fully saturated rings. The van der Waals surface area contributed by atoms with Crippen molar-refractivity contribution in [3.05, 3.63) is 29.8 Å². The Balaban J connectivity index is 2.01. The molecule has 6 nitrogen and oxygen atoms in total. The summed E-state index contributed by atoms with van der Waals surface area (Å²) in [5.74, 6) is -1.59. The number of hydrogen-bond acceptors (Lipinski definition) is 5. The second kappa shape index (κ2) is 7.02. The van der Waals surface area contributed by atoms with Gasteiger partial charge in [0.2, 0.25) is 5.91 Å². The third-order valence-electron chi connectivity index (χ3n) is 5.59. The summed E-state index contributed by atoms with van der Waals surface area (Å²) in [6.07, 6.45) is 4.44. The summed E-state index contributed by atoms with van der Waals surface area (Å²) >= 11 is 0. The number of esters is 1. The van der Waals surface area contributed by atoms with Crippen LogP contribution in [0.2, 0.25) is 0 Å². The first kappa shape index (κ1) is 18.9. The van der Waals surface area contributed by atoms with E-state index in [-0.39, 0.29) is 11.3 Å². The van der Waals surface area contributed by atoms with E-state index in [0.717, 1.165) is 29.1 Å². The lowest BCUT2D eigenvalue weighted by atomic mass is 9.78. The van der Waals surface area contributed by atoms with Crippen molar-refractivity contribution in [2.24, 2.45) is 5.92 Å². The highest BCUT2D eigenvalue weighted by molar-refractivity contribution is 7.89. The van der Waals surface area contributed by atoms with Gasteiger partial charge in [0, 0.05) is 0 Å². The van der Waals surface area contributed by atoms with Gasteiger partial charge in [-0.05, 0) is 38.3 Å². The molecule has 1 heterocycles. The average molecular weight is 379 g/mol. The van der Waals surface area contributed by atoms with E-state index in [1.807, 2.05) is 6.92 Å². The monoisotopic (exact) mass is 379 g/mol. The number of benzene rings is 1. The summed E-state index contributed by atoms with van der Waals surface area (Å²) < 4.78 is 32.4. The molecule has 1 spiro atoms. The van der Waals surface area contributed by atoms with Gasteiger partial charge in [-0.1, -0.05) is 37.0 Å². The third-order valence-corrected chi connectivity index (χ3v) is 7.51. The lowest BCUT2D eigenvalue weighted by Crippen LogP contribution is -2.50. The van der Waals surface area contributed by atoms with Gasteiger partial charge in [0.25, 0.3) is 10.0 Å². The number of hydrogen-bond donors (Lipinski definition) is 0. The Kier molecular flexibility index (Phi) is 5.10. The van der Waals surface area contributed by atoms with E-state index in [4.69, 9.17) is 4.74 Å². The average Bonchev–Trinajstić information content (AvgIpc) is 2.87. The minimum Gasteiger partial charge on any atom is -0.469 e. The Bertz CT molecular complexity index is 794. The minimum atomic E-state index is -3.96. The molecule has 1 unspecified atom stereocenters. The quantitative estimate of drug-likeness (QED) is 0.752. The summed E-state index contributed by atoms with van der Waals surface area (Å²) in [6, 6.07) is 6.55. The number of sulfonamides is 1. The van der Waals surface area contributed by atoms with Crippen LogP contribution in [-0.4, -0.2) is 37.2 Å². The zero-order valence-electron chi connectivity index (χ0n) is 15.2. The fraction of sp³-hybridized carbons (Fsp3) is 0.579. The van der Waals surface area contributed by atoms with Gasteiger partial charge in [0.1, 0.15) is 0 Å². The SMILES string of the molecule is COC(=O)CC1CC2(CCCCC2)N(S(=O)(=O)c2ccc(C)cc2)C1=O. The van der Waals surface area contributed by atoms with Gasteiger partial charge in [-0.2, -0.15) is 0 Å². The molecule has 0 bridgehead atoms. The van der Waals surface area contributed by atoms with Gasteiger partial charge in [0.05, 0.1) is 29.9 Å². The molecule has 1 saturated carbocycles. The standard InChI is InChI=1S/C19H25NO5S/c1-14-6-8-16(9-7-14)26(23,24)20-18(22)15(12-17(21)25-2)13-19(20)10-4-3-5-11-19/h6-9,15H,3-5,10-13H2,1-2H3. The van der Waals surface area contributed by atoms with E-state index in [9.17, 15) is 18.0 Å². The zero-order chi connectivity index (χ0) is 18.9. The molecular formula is C19H25NO5S. The molecule has 1 aromatic rings. The Labute approximate surface area is 154 Å². The van der Waals surface area contributed by atoms with E-state index in [0.29, 0.717) is 19.3 Å². The maximum absolute atomic E-state index is 13.3. The van der Waals surface area contributed by atoms with Crippen molar-refractivity contribution in [1.29, 1.82) is 0 Å². The molecular weight excluding hydrogens is 354 g/mol. The molecule has 2 aliphatic rings. The van der Waals surface area contributed by atoms with Gasteiger partial charge in [0.15, 0.2) is 0 Å². The zero-order valence-corrected chi connectivity index (χ0v) is 16.0. The smallest absolute Gasteiger partial charge is 0.306 e. The van der Waals surface area contributed by atoms with Crippen LogP contribution < -0.4 is 0 Å². The lowest BCUT2D eigenvalue weighted by Gasteiger charge is -2.40. The van der Waals surface area contributed by atoms with Crippen LogP contribution in [0.15, 0.2) is 29.2 Å². The number of carbonyl (C=O) groups is 2. The number of methoxy groups -OCH3 is 1. The lowest BCUT2D eigenvalue weighted by molar-refractivity contribution is -0.144. The summed E-state index contributed by atoms with van der Waals surface area (Å²) in [6.45, 7) is 1.88. The summed E-state index contributed by atoms with van der Waals surface area (Å²) in [5.41, 5.74) is 0.241. The molecule has 1 aliphatic heterocycles. The van der Waals surface area contributed by atoms with Crippen LogP contribution in [0, 0.1) is 12.8 Å². The van der Waals surface area contributed by atoms with Crippen LogP contribution in [0.3, 0.4) is 0 Å². The van der Waals surface area contributed by atoms with Crippen LogP contribution in [0.4, 0.5) is 0 Å². The molecule has 26 heavy (non-hydrogen) atoms. The largest absolute Gasteiger partial charge is 0.469 e. The molecule has 1 aliphatic carbocycles. The molecule has 1 saturated heterocycles. The predicted molar refractivity (Wildman–Crippen MR) is 95.8 cm³/mol. The summed E-state index contributed by atoms with van der Waals surface area (Å²) in [7, 11) is -2.68. The van der Waals surface area contributed by atoms with Crippen molar-refractivity contribution < 1.29 is 22.7 Å². The second-order valence-electron chi connectivity index (χ2n) is 7.39. The molecule has 3 rings (SSSR count). The summed E-state index contributed by atoms with van der Waals surface area (Å²) in [4.78, 5) is 24.9. The normalized spacial score (nSPS) is 22.6. The third kappa shape index (κ3) is 3.24. The van der Waals surface area contributed by atoms with E-state index in [2.05, 4.69) is 0 Å². The fourth-order valence-corrected chi connectivity index (χ4v) is 6.12. The number of aryl methyl sites for hydroxylation is 1. The first-order valence-corrected chi connectivity index (χ1v) is 10.5. The van der Waals surface area contributed by atoms with Crippen molar-refractivity contribution >= 4 is 21.9 Å². The first-order valence-electron chi connectivity index (χ1n) is 9.03. The highest BCUT2D eigenvalue weighted by Crippen LogP contribution is 2.48. The molecule has 0 aromatic heterocycles. The highest BCUT2D eigenvalue weighted by atomic mass is 32.2. The Hall–Kier alpha value is -1.89.